The van der Waals surface area contributed by atoms with Crippen LogP contribution in [-0.4, -0.2) is 41.5 Å². The fourth-order valence-corrected chi connectivity index (χ4v) is 2.27. The summed E-state index contributed by atoms with van der Waals surface area (Å²) < 4.78 is 0. The van der Waals surface area contributed by atoms with Crippen LogP contribution in [0.25, 0.3) is 0 Å². The van der Waals surface area contributed by atoms with Crippen molar-refractivity contribution in [1.29, 1.82) is 0 Å². The van der Waals surface area contributed by atoms with Gasteiger partial charge < -0.3 is 10.3 Å². The minimum Gasteiger partial charge on any atom is -0.344 e. The lowest BCUT2D eigenvalue weighted by atomic mass is 10.2. The van der Waals surface area contributed by atoms with Gasteiger partial charge >= 0.3 is 0 Å². The van der Waals surface area contributed by atoms with Crippen molar-refractivity contribution < 1.29 is 0 Å². The summed E-state index contributed by atoms with van der Waals surface area (Å²) >= 11 is 0. The van der Waals surface area contributed by atoms with Crippen molar-refractivity contribution in [3.63, 3.8) is 0 Å². The summed E-state index contributed by atoms with van der Waals surface area (Å²) in [6.07, 6.45) is 2.23. The second-order valence-electron chi connectivity index (χ2n) is 4.64. The first kappa shape index (κ1) is 11.6. The normalized spacial score (nSPS) is 22.6. The minimum atomic E-state index is 0.401. The van der Waals surface area contributed by atoms with Crippen LogP contribution >= 0.6 is 0 Å². The number of nitrogens with zero attached hydrogens (tertiary/aromatic N) is 2. The molecule has 1 fully saturated rings. The number of aromatic amines is 1. The summed E-state index contributed by atoms with van der Waals surface area (Å²) in [6.45, 7) is 7.48. The van der Waals surface area contributed by atoms with Gasteiger partial charge in [-0.3, -0.25) is 4.90 Å². The Morgan fingerprint density at radius 2 is 2.31 bits per heavy atom. The van der Waals surface area contributed by atoms with Crippen LogP contribution in [0.5, 0.6) is 0 Å². The molecule has 4 nitrogen and oxygen atoms in total. The summed E-state index contributed by atoms with van der Waals surface area (Å²) in [4.78, 5) is 10.5. The van der Waals surface area contributed by atoms with E-state index in [-0.39, 0.29) is 0 Å². The maximum atomic E-state index is 4.74. The molecule has 1 atom stereocenters. The molecule has 1 saturated heterocycles. The van der Waals surface area contributed by atoms with Crippen LogP contribution in [0.15, 0.2) is 0 Å². The predicted molar refractivity (Wildman–Crippen MR) is 65.6 cm³/mol. The quantitative estimate of drug-likeness (QED) is 0.809. The first-order chi connectivity index (χ1) is 7.72. The summed E-state index contributed by atoms with van der Waals surface area (Å²) in [5.41, 5.74) is 2.47. The van der Waals surface area contributed by atoms with E-state index in [1.54, 1.807) is 0 Å². The summed E-state index contributed by atoms with van der Waals surface area (Å²) in [7, 11) is 2.17. The SMILES string of the molecule is CCCc1nc(C2CNCCN2C)[nH]c1C. The van der Waals surface area contributed by atoms with E-state index < -0.39 is 0 Å². The number of H-pyrrole nitrogens is 1. The zero-order valence-electron chi connectivity index (χ0n) is 10.5. The third-order valence-electron chi connectivity index (χ3n) is 3.32. The lowest BCUT2D eigenvalue weighted by Crippen LogP contribution is -2.44. The van der Waals surface area contributed by atoms with E-state index in [9.17, 15) is 0 Å². The zero-order valence-corrected chi connectivity index (χ0v) is 10.5. The average Bonchev–Trinajstić information content (AvgIpc) is 2.61. The second kappa shape index (κ2) is 4.97. The van der Waals surface area contributed by atoms with Gasteiger partial charge in [0.25, 0.3) is 0 Å². The minimum absolute atomic E-state index is 0.401. The van der Waals surface area contributed by atoms with Gasteiger partial charge in [0.2, 0.25) is 0 Å². The fraction of sp³-hybridized carbons (Fsp3) is 0.750. The van der Waals surface area contributed by atoms with Gasteiger partial charge in [0.1, 0.15) is 5.82 Å². The van der Waals surface area contributed by atoms with Crippen LogP contribution in [0.1, 0.15) is 36.6 Å². The second-order valence-corrected chi connectivity index (χ2v) is 4.64. The predicted octanol–water partition coefficient (Wildman–Crippen LogP) is 1.25. The molecule has 0 aliphatic carbocycles. The maximum absolute atomic E-state index is 4.74. The van der Waals surface area contributed by atoms with E-state index in [1.165, 1.54) is 11.4 Å². The first-order valence-electron chi connectivity index (χ1n) is 6.18. The molecule has 2 rings (SSSR count). The lowest BCUT2D eigenvalue weighted by molar-refractivity contribution is 0.195. The Morgan fingerprint density at radius 1 is 1.50 bits per heavy atom. The molecule has 0 radical (unpaired) electrons. The Morgan fingerprint density at radius 3 is 3.00 bits per heavy atom. The molecule has 1 aliphatic rings. The van der Waals surface area contributed by atoms with Gasteiger partial charge in [0.15, 0.2) is 0 Å². The topological polar surface area (TPSA) is 44.0 Å². The molecule has 90 valence electrons. The van der Waals surface area contributed by atoms with Crippen molar-refractivity contribution in [3.8, 4) is 0 Å². The number of likely N-dealkylation sites (N-methyl/N-ethyl adjacent to an activating group) is 1. The molecule has 0 aromatic carbocycles. The number of hydrogen-bond acceptors (Lipinski definition) is 3. The molecular formula is C12H22N4. The van der Waals surface area contributed by atoms with Crippen molar-refractivity contribution in [2.45, 2.75) is 32.7 Å². The third-order valence-corrected chi connectivity index (χ3v) is 3.32. The molecule has 16 heavy (non-hydrogen) atoms. The van der Waals surface area contributed by atoms with Gasteiger partial charge in [0, 0.05) is 25.3 Å². The van der Waals surface area contributed by atoms with Gasteiger partial charge in [-0.2, -0.15) is 0 Å². The molecule has 0 bridgehead atoms. The van der Waals surface area contributed by atoms with Crippen molar-refractivity contribution >= 4 is 0 Å². The van der Waals surface area contributed by atoms with Crippen LogP contribution in [0.4, 0.5) is 0 Å². The highest BCUT2D eigenvalue weighted by Crippen LogP contribution is 2.19. The Labute approximate surface area is 97.4 Å². The smallest absolute Gasteiger partial charge is 0.125 e. The van der Waals surface area contributed by atoms with E-state index in [0.717, 1.165) is 38.3 Å². The van der Waals surface area contributed by atoms with Crippen LogP contribution in [-0.2, 0) is 6.42 Å². The van der Waals surface area contributed by atoms with Crippen molar-refractivity contribution in [1.82, 2.24) is 20.2 Å². The molecule has 1 unspecified atom stereocenters. The molecule has 2 heterocycles. The first-order valence-corrected chi connectivity index (χ1v) is 6.18. The summed E-state index contributed by atoms with van der Waals surface area (Å²) in [6, 6.07) is 0.401. The Bertz CT molecular complexity index is 345. The van der Waals surface area contributed by atoms with Gasteiger partial charge in [-0.25, -0.2) is 4.98 Å². The van der Waals surface area contributed by atoms with E-state index in [2.05, 4.69) is 36.1 Å². The number of aromatic nitrogens is 2. The number of aryl methyl sites for hydroxylation is 2. The summed E-state index contributed by atoms with van der Waals surface area (Å²) in [5.74, 6) is 1.12. The average molecular weight is 222 g/mol. The van der Waals surface area contributed by atoms with Crippen LogP contribution in [0.2, 0.25) is 0 Å². The standard InChI is InChI=1S/C12H22N4/c1-4-5-10-9(2)14-12(15-10)11-8-13-6-7-16(11)3/h11,13H,4-8H2,1-3H3,(H,14,15). The molecule has 1 aromatic rings. The van der Waals surface area contributed by atoms with Crippen LogP contribution < -0.4 is 5.32 Å². The molecule has 2 N–H and O–H groups in total. The van der Waals surface area contributed by atoms with Crippen LogP contribution in [0, 0.1) is 6.92 Å². The lowest BCUT2D eigenvalue weighted by Gasteiger charge is -2.31. The number of piperazine rings is 1. The van der Waals surface area contributed by atoms with Crippen molar-refractivity contribution in [2.75, 3.05) is 26.7 Å². The van der Waals surface area contributed by atoms with Gasteiger partial charge in [-0.15, -0.1) is 0 Å². The molecule has 0 amide bonds. The largest absolute Gasteiger partial charge is 0.344 e. The van der Waals surface area contributed by atoms with E-state index in [1.807, 2.05) is 0 Å². The number of rotatable bonds is 3. The highest BCUT2D eigenvalue weighted by Gasteiger charge is 2.23. The van der Waals surface area contributed by atoms with Gasteiger partial charge in [0.05, 0.1) is 11.7 Å². The Kier molecular flexibility index (Phi) is 3.61. The monoisotopic (exact) mass is 222 g/mol. The number of nitrogens with one attached hydrogen (secondary N) is 2. The summed E-state index contributed by atoms with van der Waals surface area (Å²) in [5, 5.41) is 3.42. The third kappa shape index (κ3) is 2.28. The highest BCUT2D eigenvalue weighted by molar-refractivity contribution is 5.15. The van der Waals surface area contributed by atoms with Crippen molar-refractivity contribution in [2.24, 2.45) is 0 Å². The van der Waals surface area contributed by atoms with Crippen molar-refractivity contribution in [3.05, 3.63) is 17.2 Å². The fourth-order valence-electron chi connectivity index (χ4n) is 2.27. The van der Waals surface area contributed by atoms with Gasteiger partial charge in [-0.05, 0) is 20.4 Å². The van der Waals surface area contributed by atoms with E-state index in [4.69, 9.17) is 4.98 Å². The number of hydrogen-bond donors (Lipinski definition) is 2. The molecule has 0 saturated carbocycles. The Balaban J connectivity index is 2.16. The number of imidazole rings is 1. The Hall–Kier alpha value is -0.870. The molecular weight excluding hydrogens is 200 g/mol. The van der Waals surface area contributed by atoms with E-state index >= 15 is 0 Å². The molecule has 1 aromatic heterocycles. The highest BCUT2D eigenvalue weighted by atomic mass is 15.2. The van der Waals surface area contributed by atoms with Crippen LogP contribution in [0.3, 0.4) is 0 Å². The molecule has 1 aliphatic heterocycles. The van der Waals surface area contributed by atoms with Gasteiger partial charge in [-0.1, -0.05) is 13.3 Å². The molecule has 4 heteroatoms. The van der Waals surface area contributed by atoms with E-state index in [0.29, 0.717) is 6.04 Å². The zero-order chi connectivity index (χ0) is 11.5. The maximum Gasteiger partial charge on any atom is 0.125 e. The molecule has 0 spiro atoms.